The van der Waals surface area contributed by atoms with Gasteiger partial charge in [-0.2, -0.15) is 0 Å². The molecule has 0 aromatic carbocycles. The minimum absolute atomic E-state index is 0.0773. The predicted molar refractivity (Wildman–Crippen MR) is 273 cm³/mol. The number of nitrogens with one attached hydrogen (secondary N) is 3. The first-order valence-electron chi connectivity index (χ1n) is 25.7. The molecule has 0 aromatic rings. The Labute approximate surface area is 429 Å². The minimum atomic E-state index is -0.704. The van der Waals surface area contributed by atoms with Crippen LogP contribution >= 0.6 is 31.9 Å². The van der Waals surface area contributed by atoms with Gasteiger partial charge in [0, 0.05) is 77.2 Å². The van der Waals surface area contributed by atoms with E-state index in [-0.39, 0.29) is 78.0 Å². The van der Waals surface area contributed by atoms with E-state index in [9.17, 15) is 38.4 Å². The molecule has 0 rings (SSSR count). The average molecular weight is 1110 g/mol. The first-order chi connectivity index (χ1) is 33.4. The summed E-state index contributed by atoms with van der Waals surface area (Å²) in [5.41, 5.74) is 5.60. The van der Waals surface area contributed by atoms with E-state index >= 15 is 0 Å². The smallest absolute Gasteiger partial charge is 0.303 e. The molecule has 2 atom stereocenters. The van der Waals surface area contributed by atoms with Crippen LogP contribution in [0.15, 0.2) is 0 Å². The number of unbranched alkanes of at least 4 members (excludes halogenated alkanes) is 14. The molecule has 0 saturated carbocycles. The van der Waals surface area contributed by atoms with Crippen molar-refractivity contribution in [2.75, 3.05) is 76.6 Å². The first-order valence-corrected chi connectivity index (χ1v) is 28.0. The van der Waals surface area contributed by atoms with Gasteiger partial charge < -0.3 is 45.7 Å². The Balaban J connectivity index is 3.71. The monoisotopic (exact) mass is 1110 g/mol. The van der Waals surface area contributed by atoms with Gasteiger partial charge in [-0.3, -0.25) is 38.4 Å². The van der Waals surface area contributed by atoms with Crippen LogP contribution in [0.3, 0.4) is 0 Å². The molecule has 0 spiro atoms. The van der Waals surface area contributed by atoms with Gasteiger partial charge in [0.25, 0.3) is 0 Å². The van der Waals surface area contributed by atoms with Crippen LogP contribution in [0.5, 0.6) is 0 Å². The molecule has 0 fully saturated rings. The number of carbonyl (C=O) groups is 8. The lowest BCUT2D eigenvalue weighted by atomic mass is 9.93. The summed E-state index contributed by atoms with van der Waals surface area (Å²) in [6, 6.07) is -0.621. The summed E-state index contributed by atoms with van der Waals surface area (Å²) in [7, 11) is 0. The first kappa shape index (κ1) is 66.2. The van der Waals surface area contributed by atoms with E-state index < -0.39 is 23.8 Å². The van der Waals surface area contributed by atoms with E-state index in [4.69, 9.17) is 29.8 Å². The molecule has 4 amide bonds. The number of Topliss-reactive ketones (excluding diaryl/α,β-unsaturated/α-hetero) is 3. The van der Waals surface area contributed by atoms with Gasteiger partial charge in [0.15, 0.2) is 5.78 Å². The fourth-order valence-corrected chi connectivity index (χ4v) is 7.78. The molecule has 1 unspecified atom stereocenters. The second-order valence-electron chi connectivity index (χ2n) is 17.6. The van der Waals surface area contributed by atoms with Gasteiger partial charge >= 0.3 is 5.97 Å². The third-order valence-corrected chi connectivity index (χ3v) is 12.5. The maximum absolute atomic E-state index is 12.7. The van der Waals surface area contributed by atoms with Crippen molar-refractivity contribution >= 4 is 78.8 Å². The van der Waals surface area contributed by atoms with E-state index in [1.54, 1.807) is 0 Å². The molecule has 19 heteroatoms. The summed E-state index contributed by atoms with van der Waals surface area (Å²) >= 11 is 6.18. The number of primary amides is 1. The SMILES string of the molecule is NC(=O)C(CCCCNC(=O)CCOCCOCCCC(=O)CCOCCOCCCC(=O)[C@H](CCCNC(=O)CBr)NC(=O)CBr)CC(=O)CCCCCCCCCCCCCCCCC(=O)O. The maximum atomic E-state index is 12.7. The second kappa shape index (κ2) is 48.8. The predicted octanol–water partition coefficient (Wildman–Crippen LogP) is 7.38. The Bertz CT molecular complexity index is 1390. The number of nitrogens with two attached hydrogens (primary N) is 1. The molecule has 6 N–H and O–H groups in total. The topological polar surface area (TPSA) is 256 Å². The highest BCUT2D eigenvalue weighted by Crippen LogP contribution is 2.17. The molecule has 0 heterocycles. The number of hydrogen-bond donors (Lipinski definition) is 5. The Morgan fingerprint density at radius 1 is 0.435 bits per heavy atom. The number of carboxylic acids is 1. The van der Waals surface area contributed by atoms with Gasteiger partial charge in [0.1, 0.15) is 11.6 Å². The molecule has 0 radical (unpaired) electrons. The van der Waals surface area contributed by atoms with Gasteiger partial charge in [-0.1, -0.05) is 115 Å². The molecule has 400 valence electrons. The van der Waals surface area contributed by atoms with E-state index in [0.29, 0.717) is 124 Å². The van der Waals surface area contributed by atoms with E-state index in [1.165, 1.54) is 51.4 Å². The second-order valence-corrected chi connectivity index (χ2v) is 18.7. The van der Waals surface area contributed by atoms with Crippen molar-refractivity contribution < 1.29 is 62.4 Å². The molecule has 0 aromatic heterocycles. The van der Waals surface area contributed by atoms with Crippen LogP contribution in [0, 0.1) is 5.92 Å². The number of ether oxygens (including phenoxy) is 4. The van der Waals surface area contributed by atoms with Crippen LogP contribution in [0.4, 0.5) is 0 Å². The van der Waals surface area contributed by atoms with Crippen LogP contribution in [0.25, 0.3) is 0 Å². The molecule has 0 saturated heterocycles. The molecule has 17 nitrogen and oxygen atoms in total. The van der Waals surface area contributed by atoms with E-state index in [2.05, 4.69) is 47.8 Å². The fourth-order valence-electron chi connectivity index (χ4n) is 7.42. The van der Waals surface area contributed by atoms with Crippen LogP contribution in [-0.2, 0) is 57.3 Å². The molecule has 0 aliphatic heterocycles. The highest BCUT2D eigenvalue weighted by Gasteiger charge is 2.21. The van der Waals surface area contributed by atoms with Crippen molar-refractivity contribution in [3.05, 3.63) is 0 Å². The lowest BCUT2D eigenvalue weighted by Crippen LogP contribution is -2.42. The Kier molecular flexibility index (Phi) is 46.8. The highest BCUT2D eigenvalue weighted by molar-refractivity contribution is 9.09. The Morgan fingerprint density at radius 2 is 0.899 bits per heavy atom. The zero-order valence-corrected chi connectivity index (χ0v) is 44.8. The third-order valence-electron chi connectivity index (χ3n) is 11.4. The summed E-state index contributed by atoms with van der Waals surface area (Å²) in [6.45, 7) is 3.56. The van der Waals surface area contributed by atoms with Crippen LogP contribution in [0.2, 0.25) is 0 Å². The number of hydrogen-bond acceptors (Lipinski definition) is 12. The lowest BCUT2D eigenvalue weighted by molar-refractivity contribution is -0.137. The number of carbonyl (C=O) groups excluding carboxylic acids is 7. The summed E-state index contributed by atoms with van der Waals surface area (Å²) < 4.78 is 22.1. The normalized spacial score (nSPS) is 12.0. The zero-order chi connectivity index (χ0) is 51.0. The maximum Gasteiger partial charge on any atom is 0.303 e. The largest absolute Gasteiger partial charge is 0.481 e. The molecular formula is C50H88Br2N4O13. The van der Waals surface area contributed by atoms with Crippen LogP contribution in [0.1, 0.15) is 180 Å². The summed E-state index contributed by atoms with van der Waals surface area (Å²) in [5, 5.41) is 17.3. The summed E-state index contributed by atoms with van der Waals surface area (Å²) in [6.07, 6.45) is 21.8. The van der Waals surface area contributed by atoms with Crippen molar-refractivity contribution in [2.45, 2.75) is 186 Å². The summed E-state index contributed by atoms with van der Waals surface area (Å²) in [4.78, 5) is 95.3. The van der Waals surface area contributed by atoms with Crippen molar-refractivity contribution in [2.24, 2.45) is 11.7 Å². The molecule has 0 aliphatic carbocycles. The zero-order valence-electron chi connectivity index (χ0n) is 41.6. The number of carboxylic acid groups (broad SMARTS) is 1. The number of rotatable bonds is 53. The minimum Gasteiger partial charge on any atom is -0.481 e. The quantitative estimate of drug-likeness (QED) is 0.0295. The lowest BCUT2D eigenvalue weighted by Gasteiger charge is -2.17. The summed E-state index contributed by atoms with van der Waals surface area (Å²) in [5.74, 6) is -2.10. The van der Waals surface area contributed by atoms with Gasteiger partial charge in [-0.05, 0) is 51.4 Å². The van der Waals surface area contributed by atoms with Gasteiger partial charge in [-0.25, -0.2) is 0 Å². The van der Waals surface area contributed by atoms with Crippen molar-refractivity contribution in [1.29, 1.82) is 0 Å². The van der Waals surface area contributed by atoms with Crippen molar-refractivity contribution in [1.82, 2.24) is 16.0 Å². The number of halogens is 2. The molecule has 69 heavy (non-hydrogen) atoms. The van der Waals surface area contributed by atoms with Crippen LogP contribution < -0.4 is 21.7 Å². The van der Waals surface area contributed by atoms with Crippen LogP contribution in [-0.4, -0.2) is 135 Å². The number of amides is 4. The molecule has 0 bridgehead atoms. The number of alkyl halides is 2. The third kappa shape index (κ3) is 46.0. The van der Waals surface area contributed by atoms with Crippen molar-refractivity contribution in [3.63, 3.8) is 0 Å². The number of aliphatic carboxylic acids is 1. The van der Waals surface area contributed by atoms with E-state index in [0.717, 1.165) is 38.5 Å². The average Bonchev–Trinajstić information content (AvgIpc) is 3.32. The molecular weight excluding hydrogens is 1020 g/mol. The van der Waals surface area contributed by atoms with Crippen molar-refractivity contribution in [3.8, 4) is 0 Å². The molecule has 0 aliphatic rings. The van der Waals surface area contributed by atoms with Gasteiger partial charge in [0.05, 0.1) is 56.3 Å². The number of ketones is 3. The van der Waals surface area contributed by atoms with Gasteiger partial charge in [-0.15, -0.1) is 0 Å². The Hall–Kier alpha value is -2.84. The standard InChI is InChI=1S/C50H88Br2N4O13/c51-39-47(61)55-29-17-23-44(56-48(62)40-52)45(59)24-19-31-67-34-36-68-32-26-42(57)22-18-30-66-35-37-69-33-27-46(60)54-28-16-15-20-41(50(53)65)38-43(58)21-13-11-9-7-5-3-1-2-4-6-8-10-12-14-25-49(63)64/h41,44H,1-40H2,(H2,53,65)(H,54,60)(H,55,61)(H,56,62)(H,63,64)/t41?,44-/m0/s1. The van der Waals surface area contributed by atoms with E-state index in [1.807, 2.05) is 0 Å². The van der Waals surface area contributed by atoms with Gasteiger partial charge in [0.2, 0.25) is 23.6 Å². The highest BCUT2D eigenvalue weighted by atomic mass is 79.9. The fraction of sp³-hybridized carbons (Fsp3) is 0.840. The Morgan fingerprint density at radius 3 is 1.43 bits per heavy atom.